The summed E-state index contributed by atoms with van der Waals surface area (Å²) in [5.74, 6) is 1.21. The molecule has 40 heavy (non-hydrogen) atoms. The van der Waals surface area contributed by atoms with E-state index in [2.05, 4.69) is 57.0 Å². The van der Waals surface area contributed by atoms with E-state index in [9.17, 15) is 4.79 Å². The molecule has 3 aromatic rings. The average Bonchev–Trinajstić information content (AvgIpc) is 3.32. The topological polar surface area (TPSA) is 46.9 Å². The second-order valence-electron chi connectivity index (χ2n) is 11.3. The SMILES string of the molecule is CCCCCCCCCCCCCCCCn1c(CCCCCNC(=O)c2cccc(Br)c2)nc2ccccc21. The number of imidazole rings is 1. The van der Waals surface area contributed by atoms with Crippen molar-refractivity contribution in [1.29, 1.82) is 0 Å². The van der Waals surface area contributed by atoms with Gasteiger partial charge in [0.1, 0.15) is 5.82 Å². The summed E-state index contributed by atoms with van der Waals surface area (Å²) in [5, 5.41) is 3.05. The van der Waals surface area contributed by atoms with E-state index in [1.807, 2.05) is 24.3 Å². The Kier molecular flexibility index (Phi) is 16.1. The van der Waals surface area contributed by atoms with E-state index in [0.717, 1.165) is 42.2 Å². The molecule has 4 nitrogen and oxygen atoms in total. The molecule has 1 amide bonds. The molecule has 0 spiro atoms. The molecule has 0 bridgehead atoms. The van der Waals surface area contributed by atoms with Crippen LogP contribution in [0.25, 0.3) is 11.0 Å². The summed E-state index contributed by atoms with van der Waals surface area (Å²) in [4.78, 5) is 17.3. The molecule has 1 heterocycles. The van der Waals surface area contributed by atoms with Gasteiger partial charge in [-0.1, -0.05) is 131 Å². The number of amides is 1. The molecule has 0 atom stereocenters. The molecule has 0 radical (unpaired) electrons. The lowest BCUT2D eigenvalue weighted by Gasteiger charge is -2.10. The number of benzene rings is 2. The highest BCUT2D eigenvalue weighted by atomic mass is 79.9. The molecule has 0 unspecified atom stereocenters. The first-order chi connectivity index (χ1) is 19.7. The van der Waals surface area contributed by atoms with Gasteiger partial charge >= 0.3 is 0 Å². The highest BCUT2D eigenvalue weighted by molar-refractivity contribution is 9.10. The molecule has 0 aliphatic rings. The van der Waals surface area contributed by atoms with Crippen LogP contribution in [0.3, 0.4) is 0 Å². The van der Waals surface area contributed by atoms with Crippen LogP contribution in [0.5, 0.6) is 0 Å². The minimum Gasteiger partial charge on any atom is -0.352 e. The lowest BCUT2D eigenvalue weighted by molar-refractivity contribution is 0.0953. The number of aromatic nitrogens is 2. The quantitative estimate of drug-likeness (QED) is 0.115. The number of carbonyl (C=O) groups excluding carboxylic acids is 1. The minimum absolute atomic E-state index is 0.00346. The van der Waals surface area contributed by atoms with Gasteiger partial charge in [-0.3, -0.25) is 4.79 Å². The number of nitrogens with one attached hydrogen (secondary N) is 1. The van der Waals surface area contributed by atoms with Gasteiger partial charge in [-0.05, 0) is 49.6 Å². The van der Waals surface area contributed by atoms with Crippen molar-refractivity contribution in [2.24, 2.45) is 0 Å². The number of aryl methyl sites for hydroxylation is 2. The fourth-order valence-electron chi connectivity index (χ4n) is 5.55. The van der Waals surface area contributed by atoms with Gasteiger partial charge < -0.3 is 9.88 Å². The standard InChI is InChI=1S/C35H52BrN3O/c1-2-3-4-5-6-7-8-9-10-11-12-13-14-20-28-39-33-25-18-17-24-32(33)38-34(39)26-16-15-19-27-37-35(40)30-22-21-23-31(36)29-30/h17-18,21-25,29H,2-16,19-20,26-28H2,1H3,(H,37,40). The van der Waals surface area contributed by atoms with Crippen molar-refractivity contribution in [3.8, 4) is 0 Å². The summed E-state index contributed by atoms with van der Waals surface area (Å²) in [6, 6.07) is 16.1. The third kappa shape index (κ3) is 12.2. The van der Waals surface area contributed by atoms with Gasteiger partial charge in [-0.25, -0.2) is 4.98 Å². The van der Waals surface area contributed by atoms with Crippen molar-refractivity contribution < 1.29 is 4.79 Å². The van der Waals surface area contributed by atoms with E-state index in [0.29, 0.717) is 12.1 Å². The molecule has 0 saturated carbocycles. The van der Waals surface area contributed by atoms with Crippen LogP contribution in [0.1, 0.15) is 132 Å². The van der Waals surface area contributed by atoms with Gasteiger partial charge in [0.05, 0.1) is 11.0 Å². The Bertz CT molecular complexity index is 1110. The van der Waals surface area contributed by atoms with Gasteiger partial charge in [-0.2, -0.15) is 0 Å². The largest absolute Gasteiger partial charge is 0.352 e. The Balaban J connectivity index is 1.28. The highest BCUT2D eigenvalue weighted by Crippen LogP contribution is 2.20. The molecule has 220 valence electrons. The van der Waals surface area contributed by atoms with Gasteiger partial charge in [0.15, 0.2) is 0 Å². The Morgan fingerprint density at radius 2 is 1.38 bits per heavy atom. The van der Waals surface area contributed by atoms with Crippen molar-refractivity contribution >= 4 is 32.9 Å². The van der Waals surface area contributed by atoms with Gasteiger partial charge in [0.25, 0.3) is 5.91 Å². The fourth-order valence-corrected chi connectivity index (χ4v) is 5.95. The zero-order valence-corrected chi connectivity index (χ0v) is 26.5. The van der Waals surface area contributed by atoms with E-state index in [1.165, 1.54) is 101 Å². The van der Waals surface area contributed by atoms with Crippen LogP contribution in [0, 0.1) is 0 Å². The molecule has 0 fully saturated rings. The summed E-state index contributed by atoms with van der Waals surface area (Å²) in [6.07, 6.45) is 23.6. The zero-order chi connectivity index (χ0) is 28.3. The van der Waals surface area contributed by atoms with E-state index >= 15 is 0 Å². The third-order valence-electron chi connectivity index (χ3n) is 7.92. The monoisotopic (exact) mass is 609 g/mol. The van der Waals surface area contributed by atoms with Gasteiger partial charge in [0, 0.05) is 29.5 Å². The zero-order valence-electron chi connectivity index (χ0n) is 24.9. The number of nitrogens with zero attached hydrogens (tertiary/aromatic N) is 2. The first-order valence-corrected chi connectivity index (χ1v) is 17.0. The maximum absolute atomic E-state index is 12.3. The lowest BCUT2D eigenvalue weighted by Crippen LogP contribution is -2.24. The molecule has 2 aromatic carbocycles. The van der Waals surface area contributed by atoms with Crippen LogP contribution >= 0.6 is 15.9 Å². The second kappa shape index (κ2) is 19.9. The Labute approximate surface area is 251 Å². The van der Waals surface area contributed by atoms with Crippen molar-refractivity contribution in [3.05, 3.63) is 64.4 Å². The maximum Gasteiger partial charge on any atom is 0.251 e. The van der Waals surface area contributed by atoms with Crippen molar-refractivity contribution in [3.63, 3.8) is 0 Å². The number of fused-ring (bicyclic) bond motifs is 1. The van der Waals surface area contributed by atoms with Crippen LogP contribution in [0.15, 0.2) is 53.0 Å². The van der Waals surface area contributed by atoms with Crippen molar-refractivity contribution in [1.82, 2.24) is 14.9 Å². The number of rotatable bonds is 22. The normalized spacial score (nSPS) is 11.3. The number of hydrogen-bond donors (Lipinski definition) is 1. The highest BCUT2D eigenvalue weighted by Gasteiger charge is 2.10. The van der Waals surface area contributed by atoms with E-state index < -0.39 is 0 Å². The van der Waals surface area contributed by atoms with Gasteiger partial charge in [0.2, 0.25) is 0 Å². The summed E-state index contributed by atoms with van der Waals surface area (Å²) in [7, 11) is 0. The molecule has 1 N–H and O–H groups in total. The molecule has 0 aliphatic carbocycles. The molecule has 3 rings (SSSR count). The first kappa shape index (κ1) is 32.4. The average molecular weight is 611 g/mol. The van der Waals surface area contributed by atoms with Crippen molar-refractivity contribution in [2.45, 2.75) is 129 Å². The van der Waals surface area contributed by atoms with Crippen molar-refractivity contribution in [2.75, 3.05) is 6.54 Å². The smallest absolute Gasteiger partial charge is 0.251 e. The molecule has 5 heteroatoms. The number of unbranched alkanes of at least 4 members (excludes halogenated alkanes) is 15. The summed E-state index contributed by atoms with van der Waals surface area (Å²) >= 11 is 3.43. The fraction of sp³-hybridized carbons (Fsp3) is 0.600. The van der Waals surface area contributed by atoms with Crippen LogP contribution in [0.4, 0.5) is 0 Å². The predicted molar refractivity (Wildman–Crippen MR) is 174 cm³/mol. The second-order valence-corrected chi connectivity index (χ2v) is 12.3. The molecule has 0 saturated heterocycles. The van der Waals surface area contributed by atoms with E-state index in [-0.39, 0.29) is 5.91 Å². The summed E-state index contributed by atoms with van der Waals surface area (Å²) < 4.78 is 3.39. The predicted octanol–water partition coefficient (Wildman–Crippen LogP) is 10.4. The Morgan fingerprint density at radius 3 is 2.05 bits per heavy atom. The van der Waals surface area contributed by atoms with E-state index in [4.69, 9.17) is 4.98 Å². The summed E-state index contributed by atoms with van der Waals surface area (Å²) in [6.45, 7) is 4.07. The van der Waals surface area contributed by atoms with Crippen LogP contribution < -0.4 is 5.32 Å². The number of para-hydroxylation sites is 2. The maximum atomic E-state index is 12.3. The minimum atomic E-state index is -0.00346. The Hall–Kier alpha value is -2.14. The first-order valence-electron chi connectivity index (χ1n) is 16.2. The van der Waals surface area contributed by atoms with Gasteiger partial charge in [-0.15, -0.1) is 0 Å². The number of carbonyl (C=O) groups is 1. The number of halogens is 1. The molecular weight excluding hydrogens is 558 g/mol. The van der Waals surface area contributed by atoms with E-state index in [1.54, 1.807) is 0 Å². The van der Waals surface area contributed by atoms with Crippen LogP contribution in [-0.2, 0) is 13.0 Å². The number of hydrogen-bond acceptors (Lipinski definition) is 2. The van der Waals surface area contributed by atoms with Crippen LogP contribution in [-0.4, -0.2) is 22.0 Å². The third-order valence-corrected chi connectivity index (χ3v) is 8.41. The van der Waals surface area contributed by atoms with Crippen LogP contribution in [0.2, 0.25) is 0 Å². The summed E-state index contributed by atoms with van der Waals surface area (Å²) in [5.41, 5.74) is 3.09. The molecule has 0 aliphatic heterocycles. The lowest BCUT2D eigenvalue weighted by atomic mass is 10.0. The Morgan fingerprint density at radius 1 is 0.750 bits per heavy atom. The molecule has 1 aromatic heterocycles. The molecular formula is C35H52BrN3O.